The largest absolute Gasteiger partial charge is 0.316 e. The normalized spacial score (nSPS) is 10.3. The van der Waals surface area contributed by atoms with Crippen molar-refractivity contribution in [2.24, 2.45) is 0 Å². The maximum Gasteiger partial charge on any atom is 0.217 e. The van der Waals surface area contributed by atoms with Crippen LogP contribution in [0, 0.1) is 5.95 Å². The van der Waals surface area contributed by atoms with Gasteiger partial charge in [-0.3, -0.25) is 4.68 Å². The van der Waals surface area contributed by atoms with Gasteiger partial charge in [-0.1, -0.05) is 18.9 Å². The zero-order valence-corrected chi connectivity index (χ0v) is 8.66. The zero-order chi connectivity index (χ0) is 10.7. The first-order chi connectivity index (χ1) is 7.29. The van der Waals surface area contributed by atoms with E-state index in [2.05, 4.69) is 27.6 Å². The van der Waals surface area contributed by atoms with Gasteiger partial charge in [-0.15, -0.1) is 0 Å². The predicted octanol–water partition coefficient (Wildman–Crippen LogP) is 1.72. The summed E-state index contributed by atoms with van der Waals surface area (Å²) in [5.74, 6) is 0.163. The van der Waals surface area contributed by atoms with Crippen LogP contribution in [-0.2, 0) is 6.54 Å². The molecule has 0 unspecified atom stereocenters. The summed E-state index contributed by atoms with van der Waals surface area (Å²) in [7, 11) is 0. The van der Waals surface area contributed by atoms with E-state index < -0.39 is 5.95 Å². The molecule has 0 aliphatic heterocycles. The molecule has 2 heterocycles. The molecule has 78 valence electrons. The van der Waals surface area contributed by atoms with Crippen LogP contribution in [0.2, 0.25) is 0 Å². The number of hydrogen-bond acceptors (Lipinski definition) is 4. The van der Waals surface area contributed by atoms with Gasteiger partial charge in [-0.25, -0.2) is 4.98 Å². The van der Waals surface area contributed by atoms with Crippen LogP contribution in [-0.4, -0.2) is 14.8 Å². The van der Waals surface area contributed by atoms with E-state index in [1.54, 1.807) is 29.1 Å². The highest BCUT2D eigenvalue weighted by Crippen LogP contribution is 2.08. The molecule has 2 aromatic heterocycles. The molecule has 0 aromatic carbocycles. The van der Waals surface area contributed by atoms with Gasteiger partial charge in [-0.2, -0.15) is 9.49 Å². The van der Waals surface area contributed by atoms with Crippen molar-refractivity contribution in [1.29, 1.82) is 0 Å². The topological polar surface area (TPSA) is 42.7 Å². The molecule has 6 heteroatoms. The number of nitrogens with zero attached hydrogens (tertiary/aromatic N) is 3. The van der Waals surface area contributed by atoms with Crippen LogP contribution in [0.3, 0.4) is 0 Å². The number of halogens is 1. The molecule has 2 rings (SSSR count). The Balaban J connectivity index is 2.18. The summed E-state index contributed by atoms with van der Waals surface area (Å²) in [4.78, 5) is 3.56. The average Bonchev–Trinajstić information content (AvgIpc) is 2.69. The predicted molar refractivity (Wildman–Crippen MR) is 58.1 cm³/mol. The van der Waals surface area contributed by atoms with Gasteiger partial charge in [0, 0.05) is 24.0 Å². The fourth-order valence-electron chi connectivity index (χ4n) is 1.22. The minimum absolute atomic E-state index is 0.356. The summed E-state index contributed by atoms with van der Waals surface area (Å²) in [5, 5.41) is 4.10. The SMILES string of the molecule is Fc1ncccc1Cn1ccc(NS)n1. The molecule has 0 aliphatic rings. The van der Waals surface area contributed by atoms with E-state index in [1.807, 2.05) is 0 Å². The molecular formula is C9H9FN4S. The van der Waals surface area contributed by atoms with Crippen molar-refractivity contribution in [3.05, 3.63) is 42.1 Å². The number of nitrogens with one attached hydrogen (secondary N) is 1. The fourth-order valence-corrected chi connectivity index (χ4v) is 1.34. The van der Waals surface area contributed by atoms with Crippen LogP contribution in [0.15, 0.2) is 30.6 Å². The lowest BCUT2D eigenvalue weighted by atomic mass is 10.3. The average molecular weight is 224 g/mol. The minimum Gasteiger partial charge on any atom is -0.316 e. The molecule has 0 spiro atoms. The molecule has 4 nitrogen and oxygen atoms in total. The molecule has 0 saturated carbocycles. The van der Waals surface area contributed by atoms with Crippen molar-refractivity contribution in [3.63, 3.8) is 0 Å². The van der Waals surface area contributed by atoms with Crippen molar-refractivity contribution in [3.8, 4) is 0 Å². The van der Waals surface area contributed by atoms with Crippen molar-refractivity contribution < 1.29 is 4.39 Å². The first kappa shape index (κ1) is 9.97. The fraction of sp³-hybridized carbons (Fsp3) is 0.111. The van der Waals surface area contributed by atoms with Gasteiger partial charge in [0.25, 0.3) is 0 Å². The Morgan fingerprint density at radius 2 is 2.33 bits per heavy atom. The molecule has 0 fully saturated rings. The first-order valence-electron chi connectivity index (χ1n) is 4.32. The molecule has 0 bridgehead atoms. The molecule has 1 N–H and O–H groups in total. The molecule has 0 aliphatic carbocycles. The van der Waals surface area contributed by atoms with Gasteiger partial charge in [0.2, 0.25) is 5.95 Å². The van der Waals surface area contributed by atoms with Gasteiger partial charge in [0.15, 0.2) is 5.82 Å². The highest BCUT2D eigenvalue weighted by Gasteiger charge is 2.03. The highest BCUT2D eigenvalue weighted by atomic mass is 32.1. The molecule has 15 heavy (non-hydrogen) atoms. The Kier molecular flexibility index (Phi) is 2.86. The standard InChI is InChI=1S/C9H9FN4S/c10-9-7(2-1-4-11-9)6-14-5-3-8(12-14)13-15/h1-5,15H,6H2,(H,12,13). The van der Waals surface area contributed by atoms with Crippen LogP contribution in [0.4, 0.5) is 10.2 Å². The van der Waals surface area contributed by atoms with E-state index >= 15 is 0 Å². The number of thiol groups is 1. The highest BCUT2D eigenvalue weighted by molar-refractivity contribution is 7.81. The van der Waals surface area contributed by atoms with E-state index in [0.29, 0.717) is 17.9 Å². The Morgan fingerprint density at radius 3 is 3.00 bits per heavy atom. The van der Waals surface area contributed by atoms with Crippen molar-refractivity contribution >= 4 is 18.6 Å². The molecule has 2 aromatic rings. The second-order valence-corrected chi connectivity index (χ2v) is 3.19. The summed E-state index contributed by atoms with van der Waals surface area (Å²) in [6.07, 6.45) is 3.16. The number of hydrogen-bond donors (Lipinski definition) is 2. The van der Waals surface area contributed by atoms with Crippen molar-refractivity contribution in [1.82, 2.24) is 14.8 Å². The van der Waals surface area contributed by atoms with E-state index in [9.17, 15) is 4.39 Å². The summed E-state index contributed by atoms with van der Waals surface area (Å²) < 4.78 is 17.4. The van der Waals surface area contributed by atoms with Gasteiger partial charge in [0.1, 0.15) is 0 Å². The van der Waals surface area contributed by atoms with Crippen LogP contribution >= 0.6 is 12.8 Å². The van der Waals surface area contributed by atoms with Crippen LogP contribution in [0.5, 0.6) is 0 Å². The Hall–Kier alpha value is -1.56. The number of rotatable bonds is 3. The molecule has 0 saturated heterocycles. The third-order valence-electron chi connectivity index (χ3n) is 1.92. The van der Waals surface area contributed by atoms with Gasteiger partial charge in [-0.05, 0) is 6.07 Å². The Labute approximate surface area is 91.7 Å². The second kappa shape index (κ2) is 4.31. The summed E-state index contributed by atoms with van der Waals surface area (Å²) >= 11 is 3.86. The quantitative estimate of drug-likeness (QED) is 0.616. The molecule has 0 amide bonds. The summed E-state index contributed by atoms with van der Waals surface area (Å²) in [6, 6.07) is 5.12. The maximum atomic E-state index is 13.2. The summed E-state index contributed by atoms with van der Waals surface area (Å²) in [6.45, 7) is 0.356. The molecule has 0 radical (unpaired) electrons. The Bertz CT molecular complexity index is 457. The van der Waals surface area contributed by atoms with E-state index in [0.717, 1.165) is 0 Å². The lowest BCUT2D eigenvalue weighted by molar-refractivity contribution is 0.549. The van der Waals surface area contributed by atoms with Crippen molar-refractivity contribution in [2.45, 2.75) is 6.54 Å². The number of aromatic nitrogens is 3. The molecule has 0 atom stereocenters. The Morgan fingerprint density at radius 1 is 1.47 bits per heavy atom. The van der Waals surface area contributed by atoms with Gasteiger partial charge < -0.3 is 4.72 Å². The van der Waals surface area contributed by atoms with Crippen LogP contribution < -0.4 is 4.72 Å². The van der Waals surface area contributed by atoms with Gasteiger partial charge >= 0.3 is 0 Å². The van der Waals surface area contributed by atoms with E-state index in [4.69, 9.17) is 0 Å². The zero-order valence-electron chi connectivity index (χ0n) is 7.76. The maximum absolute atomic E-state index is 13.2. The molecular weight excluding hydrogens is 215 g/mol. The number of anilines is 1. The summed E-state index contributed by atoms with van der Waals surface area (Å²) in [5.41, 5.74) is 0.506. The monoisotopic (exact) mass is 224 g/mol. The van der Waals surface area contributed by atoms with E-state index in [-0.39, 0.29) is 0 Å². The van der Waals surface area contributed by atoms with E-state index in [1.165, 1.54) is 6.20 Å². The lowest BCUT2D eigenvalue weighted by Crippen LogP contribution is -2.03. The lowest BCUT2D eigenvalue weighted by Gasteiger charge is -2.01. The second-order valence-electron chi connectivity index (χ2n) is 2.96. The van der Waals surface area contributed by atoms with Crippen molar-refractivity contribution in [2.75, 3.05) is 4.72 Å². The number of pyridine rings is 1. The smallest absolute Gasteiger partial charge is 0.217 e. The van der Waals surface area contributed by atoms with Crippen LogP contribution in [0.25, 0.3) is 0 Å². The first-order valence-corrected chi connectivity index (χ1v) is 4.77. The minimum atomic E-state index is -0.464. The third kappa shape index (κ3) is 2.27. The van der Waals surface area contributed by atoms with Crippen LogP contribution in [0.1, 0.15) is 5.56 Å². The van der Waals surface area contributed by atoms with Gasteiger partial charge in [0.05, 0.1) is 6.54 Å². The third-order valence-corrected chi connectivity index (χ3v) is 2.15.